The highest BCUT2D eigenvalue weighted by atomic mass is 35.5. The van der Waals surface area contributed by atoms with Gasteiger partial charge in [0.25, 0.3) is 0 Å². The number of hydrogen-bond donors (Lipinski definition) is 2. The largest absolute Gasteiger partial charge is 0.495 e. The summed E-state index contributed by atoms with van der Waals surface area (Å²) >= 11 is 5.99. The number of rotatable bonds is 4. The van der Waals surface area contributed by atoms with Crippen LogP contribution >= 0.6 is 11.6 Å². The highest BCUT2D eigenvalue weighted by Gasteiger charge is 2.17. The van der Waals surface area contributed by atoms with E-state index in [4.69, 9.17) is 27.2 Å². The van der Waals surface area contributed by atoms with Crippen molar-refractivity contribution in [2.24, 2.45) is 5.73 Å². The molecule has 3 N–H and O–H groups in total. The first-order valence-corrected chi connectivity index (χ1v) is 5.15. The zero-order valence-electron chi connectivity index (χ0n) is 9.16. The molecule has 88 valence electrons. The van der Waals surface area contributed by atoms with E-state index in [9.17, 15) is 4.79 Å². The van der Waals surface area contributed by atoms with Crippen molar-refractivity contribution in [3.63, 3.8) is 0 Å². The van der Waals surface area contributed by atoms with Gasteiger partial charge < -0.3 is 15.6 Å². The summed E-state index contributed by atoms with van der Waals surface area (Å²) in [6.45, 7) is 1.86. The van der Waals surface area contributed by atoms with Gasteiger partial charge >= 0.3 is 5.97 Å². The summed E-state index contributed by atoms with van der Waals surface area (Å²) in [5.74, 6) is -0.506. The number of aliphatic carboxylic acids is 1. The van der Waals surface area contributed by atoms with Crippen LogP contribution in [-0.2, 0) is 4.79 Å². The van der Waals surface area contributed by atoms with Gasteiger partial charge in [-0.1, -0.05) is 17.7 Å². The molecule has 1 rings (SSSR count). The molecular weight excluding hydrogens is 230 g/mol. The second-order valence-corrected chi connectivity index (χ2v) is 3.98. The molecule has 1 atom stereocenters. The highest BCUT2D eigenvalue weighted by Crippen LogP contribution is 2.34. The van der Waals surface area contributed by atoms with Crippen LogP contribution in [0.2, 0.25) is 5.02 Å². The fraction of sp³-hybridized carbons (Fsp3) is 0.364. The van der Waals surface area contributed by atoms with Crippen LogP contribution in [0.15, 0.2) is 12.1 Å². The van der Waals surface area contributed by atoms with Crippen molar-refractivity contribution < 1.29 is 14.6 Å². The van der Waals surface area contributed by atoms with E-state index in [0.29, 0.717) is 16.3 Å². The number of hydrogen-bond acceptors (Lipinski definition) is 3. The number of aryl methyl sites for hydroxylation is 1. The summed E-state index contributed by atoms with van der Waals surface area (Å²) < 4.78 is 5.13. The van der Waals surface area contributed by atoms with Crippen molar-refractivity contribution >= 4 is 17.6 Å². The van der Waals surface area contributed by atoms with Crippen LogP contribution in [0.3, 0.4) is 0 Å². The number of carboxylic acids is 1. The molecule has 0 saturated heterocycles. The number of carbonyl (C=O) groups is 1. The second kappa shape index (κ2) is 5.18. The molecule has 1 aromatic carbocycles. The topological polar surface area (TPSA) is 72.5 Å². The van der Waals surface area contributed by atoms with E-state index in [1.807, 2.05) is 6.92 Å². The summed E-state index contributed by atoms with van der Waals surface area (Å²) in [6, 6.07) is 2.92. The standard InChI is InChI=1S/C11H14ClNO3/c1-6-3-7(9(13)5-10(14)15)11(16-2)8(12)4-6/h3-4,9H,5,13H2,1-2H3,(H,14,15). The third-order valence-corrected chi connectivity index (χ3v) is 2.50. The molecule has 16 heavy (non-hydrogen) atoms. The quantitative estimate of drug-likeness (QED) is 0.850. The summed E-state index contributed by atoms with van der Waals surface area (Å²) in [6.07, 6.45) is -0.157. The van der Waals surface area contributed by atoms with Gasteiger partial charge in [0.2, 0.25) is 0 Å². The molecule has 0 radical (unpaired) electrons. The maximum absolute atomic E-state index is 10.6. The van der Waals surface area contributed by atoms with Gasteiger partial charge in [0, 0.05) is 11.6 Å². The first-order chi connectivity index (χ1) is 7.45. The van der Waals surface area contributed by atoms with Crippen LogP contribution in [-0.4, -0.2) is 18.2 Å². The van der Waals surface area contributed by atoms with Crippen molar-refractivity contribution in [1.82, 2.24) is 0 Å². The van der Waals surface area contributed by atoms with Crippen molar-refractivity contribution in [2.75, 3.05) is 7.11 Å². The molecule has 0 aromatic heterocycles. The van der Waals surface area contributed by atoms with Gasteiger partial charge in [0.15, 0.2) is 0 Å². The normalized spacial score (nSPS) is 12.2. The van der Waals surface area contributed by atoms with Gasteiger partial charge in [0.1, 0.15) is 5.75 Å². The Hall–Kier alpha value is -1.26. The molecule has 0 aliphatic rings. The molecule has 0 bridgehead atoms. The molecule has 0 aliphatic heterocycles. The van der Waals surface area contributed by atoms with E-state index in [-0.39, 0.29) is 6.42 Å². The fourth-order valence-electron chi connectivity index (χ4n) is 1.54. The Kier molecular flexibility index (Phi) is 4.15. The first kappa shape index (κ1) is 12.8. The lowest BCUT2D eigenvalue weighted by atomic mass is 10.0. The average molecular weight is 244 g/mol. The van der Waals surface area contributed by atoms with Crippen LogP contribution in [0, 0.1) is 6.92 Å². The van der Waals surface area contributed by atoms with Crippen molar-refractivity contribution in [3.05, 3.63) is 28.3 Å². The Morgan fingerprint density at radius 3 is 2.75 bits per heavy atom. The Labute approximate surface area is 99.0 Å². The molecule has 0 fully saturated rings. The van der Waals surface area contributed by atoms with Gasteiger partial charge in [-0.15, -0.1) is 0 Å². The predicted molar refractivity (Wildman–Crippen MR) is 61.9 cm³/mol. The van der Waals surface area contributed by atoms with Crippen LogP contribution in [0.1, 0.15) is 23.6 Å². The summed E-state index contributed by atoms with van der Waals surface area (Å²) in [4.78, 5) is 10.6. The minimum Gasteiger partial charge on any atom is -0.495 e. The number of ether oxygens (including phenoxy) is 1. The lowest BCUT2D eigenvalue weighted by Gasteiger charge is -2.16. The molecule has 1 aromatic rings. The smallest absolute Gasteiger partial charge is 0.305 e. The van der Waals surface area contributed by atoms with Gasteiger partial charge in [0.05, 0.1) is 18.6 Å². The molecule has 0 amide bonds. The number of halogens is 1. The van der Waals surface area contributed by atoms with Gasteiger partial charge in [-0.2, -0.15) is 0 Å². The van der Waals surface area contributed by atoms with Crippen LogP contribution in [0.25, 0.3) is 0 Å². The summed E-state index contributed by atoms with van der Waals surface area (Å²) in [5, 5.41) is 9.14. The molecule has 1 unspecified atom stereocenters. The van der Waals surface area contributed by atoms with Crippen LogP contribution < -0.4 is 10.5 Å². The lowest BCUT2D eigenvalue weighted by molar-refractivity contribution is -0.137. The molecule has 0 aliphatic carbocycles. The Balaban J connectivity index is 3.15. The highest BCUT2D eigenvalue weighted by molar-refractivity contribution is 6.32. The Morgan fingerprint density at radius 1 is 1.62 bits per heavy atom. The first-order valence-electron chi connectivity index (χ1n) is 4.77. The Bertz CT molecular complexity index is 406. The number of benzene rings is 1. The van der Waals surface area contributed by atoms with E-state index in [2.05, 4.69) is 0 Å². The van der Waals surface area contributed by atoms with Gasteiger partial charge in [-0.25, -0.2) is 0 Å². The predicted octanol–water partition coefficient (Wildman–Crippen LogP) is 2.13. The molecule has 4 nitrogen and oxygen atoms in total. The van der Waals surface area contributed by atoms with E-state index < -0.39 is 12.0 Å². The maximum Gasteiger partial charge on any atom is 0.305 e. The van der Waals surface area contributed by atoms with Gasteiger partial charge in [-0.05, 0) is 18.6 Å². The third-order valence-electron chi connectivity index (χ3n) is 2.21. The Morgan fingerprint density at radius 2 is 2.25 bits per heavy atom. The van der Waals surface area contributed by atoms with E-state index in [1.54, 1.807) is 12.1 Å². The molecular formula is C11H14ClNO3. The molecule has 0 saturated carbocycles. The minimum absolute atomic E-state index is 0.157. The van der Waals surface area contributed by atoms with Crippen LogP contribution in [0.5, 0.6) is 5.75 Å². The maximum atomic E-state index is 10.6. The molecule has 5 heteroatoms. The minimum atomic E-state index is -0.952. The van der Waals surface area contributed by atoms with Gasteiger partial charge in [-0.3, -0.25) is 4.79 Å². The van der Waals surface area contributed by atoms with E-state index in [1.165, 1.54) is 7.11 Å². The summed E-state index contributed by atoms with van der Waals surface area (Å²) in [7, 11) is 1.48. The average Bonchev–Trinajstić information content (AvgIpc) is 2.15. The zero-order chi connectivity index (χ0) is 12.3. The molecule has 0 heterocycles. The summed E-state index contributed by atoms with van der Waals surface area (Å²) in [5.41, 5.74) is 7.33. The van der Waals surface area contributed by atoms with E-state index in [0.717, 1.165) is 5.56 Å². The monoisotopic (exact) mass is 243 g/mol. The zero-order valence-corrected chi connectivity index (χ0v) is 9.91. The van der Waals surface area contributed by atoms with Crippen molar-refractivity contribution in [3.8, 4) is 5.75 Å². The van der Waals surface area contributed by atoms with Crippen molar-refractivity contribution in [1.29, 1.82) is 0 Å². The van der Waals surface area contributed by atoms with Crippen molar-refractivity contribution in [2.45, 2.75) is 19.4 Å². The SMILES string of the molecule is COc1c(Cl)cc(C)cc1C(N)CC(=O)O. The van der Waals surface area contributed by atoms with E-state index >= 15 is 0 Å². The van der Waals surface area contributed by atoms with Crippen LogP contribution in [0.4, 0.5) is 0 Å². The third kappa shape index (κ3) is 2.87. The lowest BCUT2D eigenvalue weighted by Crippen LogP contribution is -2.16. The second-order valence-electron chi connectivity index (χ2n) is 3.57. The number of methoxy groups -OCH3 is 1. The number of nitrogens with two attached hydrogens (primary N) is 1. The molecule has 0 spiro atoms. The fourth-order valence-corrected chi connectivity index (χ4v) is 1.90. The number of carboxylic acid groups (broad SMARTS) is 1.